The molecule has 0 saturated carbocycles. The van der Waals surface area contributed by atoms with Gasteiger partial charge in [-0.1, -0.05) is 44.2 Å². The van der Waals surface area contributed by atoms with Gasteiger partial charge < -0.3 is 10.1 Å². The van der Waals surface area contributed by atoms with Gasteiger partial charge in [-0.15, -0.1) is 0 Å². The Kier molecular flexibility index (Phi) is 6.79. The van der Waals surface area contributed by atoms with Gasteiger partial charge in [0.1, 0.15) is 12.6 Å². The molecule has 1 saturated heterocycles. The number of ether oxygens (including phenoxy) is 1. The zero-order valence-corrected chi connectivity index (χ0v) is 15.9. The molecule has 0 spiro atoms. The molecule has 6 nitrogen and oxygen atoms in total. The first-order chi connectivity index (χ1) is 13.1. The molecule has 2 atom stereocenters. The minimum atomic E-state index is -0.190. The molecular formula is C21H28N4O2. The smallest absolute Gasteiger partial charge is 0.238 e. The fraction of sp³-hybridized carbons (Fsp3) is 0.429. The lowest BCUT2D eigenvalue weighted by molar-refractivity contribution is -0.123. The van der Waals surface area contributed by atoms with Gasteiger partial charge in [-0.2, -0.15) is 0 Å². The summed E-state index contributed by atoms with van der Waals surface area (Å²) in [6.07, 6.45) is 3.57. The Hall–Kier alpha value is -2.44. The lowest BCUT2D eigenvalue weighted by Gasteiger charge is -2.12. The molecule has 27 heavy (non-hydrogen) atoms. The predicted molar refractivity (Wildman–Crippen MR) is 105 cm³/mol. The minimum Gasteiger partial charge on any atom is -0.473 e. The van der Waals surface area contributed by atoms with E-state index in [1.807, 2.05) is 42.5 Å². The number of hydrogen-bond acceptors (Lipinski definition) is 5. The van der Waals surface area contributed by atoms with Crippen LogP contribution in [0.5, 0.6) is 5.88 Å². The first kappa shape index (κ1) is 19.3. The Morgan fingerprint density at radius 2 is 2.04 bits per heavy atom. The van der Waals surface area contributed by atoms with Crippen molar-refractivity contribution in [1.82, 2.24) is 21.2 Å². The summed E-state index contributed by atoms with van der Waals surface area (Å²) < 4.78 is 5.74. The molecule has 3 N–H and O–H groups in total. The Morgan fingerprint density at radius 3 is 2.81 bits per heavy atom. The number of pyridine rings is 1. The van der Waals surface area contributed by atoms with E-state index < -0.39 is 0 Å². The largest absolute Gasteiger partial charge is 0.473 e. The second kappa shape index (κ2) is 9.48. The normalized spacial score (nSPS) is 19.2. The summed E-state index contributed by atoms with van der Waals surface area (Å²) in [5.41, 5.74) is 8.37. The van der Waals surface area contributed by atoms with E-state index in [1.54, 1.807) is 6.20 Å². The molecule has 1 aliphatic rings. The zero-order valence-electron chi connectivity index (χ0n) is 15.9. The standard InChI is InChI=1S/C21H28N4O2/c1-15(2)10-18-12-19(25-24-18)21(26)23-13-17-8-9-22-20(11-17)27-14-16-6-4-3-5-7-16/h3-9,11,15,18-19,24-25H,10,12-14H2,1-2H3,(H,23,26). The number of nitrogens with one attached hydrogen (secondary N) is 3. The molecule has 0 aliphatic carbocycles. The van der Waals surface area contributed by atoms with E-state index in [2.05, 4.69) is 35.0 Å². The van der Waals surface area contributed by atoms with E-state index in [-0.39, 0.29) is 11.9 Å². The number of amides is 1. The van der Waals surface area contributed by atoms with Crippen molar-refractivity contribution in [3.8, 4) is 5.88 Å². The van der Waals surface area contributed by atoms with Gasteiger partial charge in [-0.3, -0.25) is 10.2 Å². The fourth-order valence-corrected chi connectivity index (χ4v) is 3.20. The molecule has 1 amide bonds. The van der Waals surface area contributed by atoms with Gasteiger partial charge >= 0.3 is 0 Å². The van der Waals surface area contributed by atoms with Crippen LogP contribution < -0.4 is 20.9 Å². The summed E-state index contributed by atoms with van der Waals surface area (Å²) in [7, 11) is 0. The molecule has 2 heterocycles. The average molecular weight is 368 g/mol. The number of hydrazine groups is 1. The topological polar surface area (TPSA) is 75.3 Å². The highest BCUT2D eigenvalue weighted by molar-refractivity contribution is 5.82. The maximum Gasteiger partial charge on any atom is 0.238 e. The van der Waals surface area contributed by atoms with Crippen molar-refractivity contribution >= 4 is 5.91 Å². The summed E-state index contributed by atoms with van der Waals surface area (Å²) in [5, 5.41) is 2.99. The van der Waals surface area contributed by atoms with Crippen molar-refractivity contribution in [2.24, 2.45) is 5.92 Å². The van der Waals surface area contributed by atoms with Gasteiger partial charge in [-0.05, 0) is 36.0 Å². The molecular weight excluding hydrogens is 340 g/mol. The highest BCUT2D eigenvalue weighted by Gasteiger charge is 2.29. The van der Waals surface area contributed by atoms with E-state index in [0.717, 1.165) is 24.0 Å². The summed E-state index contributed by atoms with van der Waals surface area (Å²) in [6.45, 7) is 5.31. The SMILES string of the molecule is CC(C)CC1CC(C(=O)NCc2ccnc(OCc3ccccc3)c2)NN1. The molecule has 1 fully saturated rings. The van der Waals surface area contributed by atoms with Crippen molar-refractivity contribution < 1.29 is 9.53 Å². The van der Waals surface area contributed by atoms with Gasteiger partial charge in [0, 0.05) is 24.8 Å². The molecule has 144 valence electrons. The van der Waals surface area contributed by atoms with Gasteiger partial charge in [0.05, 0.1) is 0 Å². The van der Waals surface area contributed by atoms with Gasteiger partial charge in [0.15, 0.2) is 0 Å². The molecule has 1 aromatic carbocycles. The van der Waals surface area contributed by atoms with Crippen LogP contribution in [0, 0.1) is 5.92 Å². The first-order valence-corrected chi connectivity index (χ1v) is 9.50. The number of rotatable bonds is 8. The van der Waals surface area contributed by atoms with Gasteiger partial charge in [0.2, 0.25) is 11.8 Å². The summed E-state index contributed by atoms with van der Waals surface area (Å²) in [5.74, 6) is 1.18. The second-order valence-corrected chi connectivity index (χ2v) is 7.40. The van der Waals surface area contributed by atoms with Crippen LogP contribution in [0.15, 0.2) is 48.7 Å². The lowest BCUT2D eigenvalue weighted by atomic mass is 10.00. The number of carbonyl (C=O) groups excluding carboxylic acids is 1. The van der Waals surface area contributed by atoms with Crippen LogP contribution in [-0.4, -0.2) is 23.0 Å². The Labute approximate surface area is 160 Å². The molecule has 1 aromatic heterocycles. The number of nitrogens with zero attached hydrogens (tertiary/aromatic N) is 1. The monoisotopic (exact) mass is 368 g/mol. The maximum atomic E-state index is 12.4. The minimum absolute atomic E-state index is 0.0114. The van der Waals surface area contributed by atoms with Crippen molar-refractivity contribution in [2.75, 3.05) is 0 Å². The number of benzene rings is 1. The quantitative estimate of drug-likeness (QED) is 0.668. The molecule has 2 unspecified atom stereocenters. The van der Waals surface area contributed by atoms with Crippen LogP contribution in [0.4, 0.5) is 0 Å². The van der Waals surface area contributed by atoms with Gasteiger partial charge in [-0.25, -0.2) is 10.4 Å². The fourth-order valence-electron chi connectivity index (χ4n) is 3.20. The van der Waals surface area contributed by atoms with E-state index in [1.165, 1.54) is 0 Å². The third-order valence-corrected chi connectivity index (χ3v) is 4.55. The maximum absolute atomic E-state index is 12.4. The van der Waals surface area contributed by atoms with Crippen molar-refractivity contribution in [2.45, 2.75) is 51.9 Å². The molecule has 0 bridgehead atoms. The predicted octanol–water partition coefficient (Wildman–Crippen LogP) is 2.56. The Balaban J connectivity index is 1.46. The van der Waals surface area contributed by atoms with Crippen LogP contribution in [0.25, 0.3) is 0 Å². The van der Waals surface area contributed by atoms with Crippen LogP contribution in [0.3, 0.4) is 0 Å². The zero-order chi connectivity index (χ0) is 19.1. The van der Waals surface area contributed by atoms with Crippen LogP contribution in [0.1, 0.15) is 37.8 Å². The van der Waals surface area contributed by atoms with E-state index in [0.29, 0.717) is 31.0 Å². The highest BCUT2D eigenvalue weighted by atomic mass is 16.5. The first-order valence-electron chi connectivity index (χ1n) is 9.50. The van der Waals surface area contributed by atoms with Crippen LogP contribution >= 0.6 is 0 Å². The summed E-state index contributed by atoms with van der Waals surface area (Å²) in [4.78, 5) is 16.6. The number of aromatic nitrogens is 1. The summed E-state index contributed by atoms with van der Waals surface area (Å²) in [6, 6.07) is 13.9. The summed E-state index contributed by atoms with van der Waals surface area (Å²) >= 11 is 0. The van der Waals surface area contributed by atoms with E-state index >= 15 is 0 Å². The number of hydrogen-bond donors (Lipinski definition) is 3. The lowest BCUT2D eigenvalue weighted by Crippen LogP contribution is -2.43. The van der Waals surface area contributed by atoms with Crippen molar-refractivity contribution in [1.29, 1.82) is 0 Å². The molecule has 6 heteroatoms. The Bertz CT molecular complexity index is 736. The van der Waals surface area contributed by atoms with E-state index in [9.17, 15) is 4.79 Å². The highest BCUT2D eigenvalue weighted by Crippen LogP contribution is 2.15. The third-order valence-electron chi connectivity index (χ3n) is 4.55. The van der Waals surface area contributed by atoms with Crippen molar-refractivity contribution in [3.05, 3.63) is 59.8 Å². The second-order valence-electron chi connectivity index (χ2n) is 7.40. The van der Waals surface area contributed by atoms with Crippen LogP contribution in [0.2, 0.25) is 0 Å². The van der Waals surface area contributed by atoms with E-state index in [4.69, 9.17) is 4.74 Å². The van der Waals surface area contributed by atoms with Gasteiger partial charge in [0.25, 0.3) is 0 Å². The Morgan fingerprint density at radius 1 is 1.22 bits per heavy atom. The molecule has 0 radical (unpaired) electrons. The molecule has 3 rings (SSSR count). The third kappa shape index (κ3) is 6.05. The number of carbonyl (C=O) groups is 1. The molecule has 2 aromatic rings. The van der Waals surface area contributed by atoms with Crippen molar-refractivity contribution in [3.63, 3.8) is 0 Å². The van der Waals surface area contributed by atoms with Crippen LogP contribution in [-0.2, 0) is 17.9 Å². The molecule has 1 aliphatic heterocycles. The average Bonchev–Trinajstić information content (AvgIpc) is 3.13.